The van der Waals surface area contributed by atoms with Crippen molar-refractivity contribution in [3.05, 3.63) is 0 Å². The molecule has 1 saturated carbocycles. The van der Waals surface area contributed by atoms with Crippen molar-refractivity contribution in [1.82, 2.24) is 10.6 Å². The number of alkyl carbamates (subject to hydrolysis) is 1. The smallest absolute Gasteiger partial charge is 0.407 e. The molecule has 6 nitrogen and oxygen atoms in total. The number of ether oxygens (including phenoxy) is 1. The maximum absolute atomic E-state index is 11.7. The number of hydrogen-bond acceptors (Lipinski definition) is 4. The monoisotopic (exact) mass is 299 g/mol. The minimum Gasteiger partial charge on any atom is -0.444 e. The van der Waals surface area contributed by atoms with E-state index in [4.69, 9.17) is 10.5 Å². The maximum atomic E-state index is 11.7. The zero-order valence-corrected chi connectivity index (χ0v) is 13.4. The van der Waals surface area contributed by atoms with Crippen LogP contribution in [0, 0.1) is 5.92 Å². The Hall–Kier alpha value is -1.30. The van der Waals surface area contributed by atoms with E-state index in [2.05, 4.69) is 10.6 Å². The van der Waals surface area contributed by atoms with Crippen LogP contribution in [0.15, 0.2) is 0 Å². The molecule has 0 aromatic heterocycles. The molecule has 0 aromatic carbocycles. The fourth-order valence-electron chi connectivity index (χ4n) is 2.63. The van der Waals surface area contributed by atoms with Gasteiger partial charge in [-0.3, -0.25) is 4.79 Å². The molecule has 2 unspecified atom stereocenters. The second-order valence-electron chi connectivity index (χ2n) is 6.70. The highest BCUT2D eigenvalue weighted by Gasteiger charge is 2.27. The first-order valence-corrected chi connectivity index (χ1v) is 7.76. The average Bonchev–Trinajstić information content (AvgIpc) is 2.77. The molecule has 0 aliphatic heterocycles. The number of primary amides is 1. The van der Waals surface area contributed by atoms with Gasteiger partial charge in [0.25, 0.3) is 0 Å². The summed E-state index contributed by atoms with van der Waals surface area (Å²) in [5, 5.41) is 6.30. The number of carbonyl (C=O) groups is 2. The van der Waals surface area contributed by atoms with Crippen LogP contribution >= 0.6 is 0 Å². The summed E-state index contributed by atoms with van der Waals surface area (Å²) in [7, 11) is 0. The number of rotatable bonds is 7. The molecule has 0 heterocycles. The number of nitrogens with two attached hydrogens (primary N) is 1. The van der Waals surface area contributed by atoms with Gasteiger partial charge in [0, 0.05) is 19.0 Å². The van der Waals surface area contributed by atoms with Crippen LogP contribution in [0.25, 0.3) is 0 Å². The highest BCUT2D eigenvalue weighted by atomic mass is 16.6. The molecule has 1 aliphatic carbocycles. The van der Waals surface area contributed by atoms with E-state index in [0.29, 0.717) is 24.9 Å². The maximum Gasteiger partial charge on any atom is 0.407 e. The Bertz CT molecular complexity index is 353. The van der Waals surface area contributed by atoms with Gasteiger partial charge in [0.1, 0.15) is 5.60 Å². The molecule has 122 valence electrons. The van der Waals surface area contributed by atoms with Crippen molar-refractivity contribution in [2.24, 2.45) is 11.7 Å². The largest absolute Gasteiger partial charge is 0.444 e. The molecule has 0 aromatic rings. The summed E-state index contributed by atoms with van der Waals surface area (Å²) in [4.78, 5) is 22.3. The summed E-state index contributed by atoms with van der Waals surface area (Å²) in [6.07, 6.45) is 4.19. The van der Waals surface area contributed by atoms with Crippen LogP contribution in [0.5, 0.6) is 0 Å². The van der Waals surface area contributed by atoms with Gasteiger partial charge >= 0.3 is 6.09 Å². The Morgan fingerprint density at radius 1 is 1.29 bits per heavy atom. The first kappa shape index (κ1) is 17.8. The summed E-state index contributed by atoms with van der Waals surface area (Å²) >= 11 is 0. The molecule has 0 radical (unpaired) electrons. The van der Waals surface area contributed by atoms with Crippen LogP contribution in [0.1, 0.15) is 52.9 Å². The second-order valence-corrected chi connectivity index (χ2v) is 6.70. The molecule has 0 bridgehead atoms. The van der Waals surface area contributed by atoms with Gasteiger partial charge in [-0.1, -0.05) is 6.42 Å². The van der Waals surface area contributed by atoms with E-state index in [1.54, 1.807) is 0 Å². The Morgan fingerprint density at radius 3 is 2.62 bits per heavy atom. The Kier molecular flexibility index (Phi) is 6.95. The van der Waals surface area contributed by atoms with E-state index >= 15 is 0 Å². The van der Waals surface area contributed by atoms with Crippen LogP contribution < -0.4 is 16.4 Å². The van der Waals surface area contributed by atoms with E-state index in [1.165, 1.54) is 0 Å². The zero-order chi connectivity index (χ0) is 15.9. The molecule has 0 spiro atoms. The lowest BCUT2D eigenvalue weighted by atomic mass is 10.0. The molecule has 0 saturated heterocycles. The van der Waals surface area contributed by atoms with Crippen molar-refractivity contribution in [3.63, 3.8) is 0 Å². The molecule has 2 amide bonds. The first-order chi connectivity index (χ1) is 9.78. The summed E-state index contributed by atoms with van der Waals surface area (Å²) in [6, 6.07) is 0.396. The van der Waals surface area contributed by atoms with Crippen molar-refractivity contribution in [3.8, 4) is 0 Å². The van der Waals surface area contributed by atoms with Crippen LogP contribution in [0.2, 0.25) is 0 Å². The number of hydrogen-bond donors (Lipinski definition) is 3. The minimum atomic E-state index is -0.466. The van der Waals surface area contributed by atoms with E-state index in [9.17, 15) is 9.59 Å². The quantitative estimate of drug-likeness (QED) is 0.622. The van der Waals surface area contributed by atoms with E-state index in [0.717, 1.165) is 32.2 Å². The molecular weight excluding hydrogens is 270 g/mol. The lowest BCUT2D eigenvalue weighted by molar-refractivity contribution is -0.118. The van der Waals surface area contributed by atoms with Gasteiger partial charge in [-0.25, -0.2) is 4.79 Å². The van der Waals surface area contributed by atoms with Gasteiger partial charge in [0.15, 0.2) is 0 Å². The molecule has 21 heavy (non-hydrogen) atoms. The van der Waals surface area contributed by atoms with Gasteiger partial charge in [-0.15, -0.1) is 0 Å². The van der Waals surface area contributed by atoms with Crippen molar-refractivity contribution in [2.75, 3.05) is 13.1 Å². The fraction of sp³-hybridized carbons (Fsp3) is 0.867. The lowest BCUT2D eigenvalue weighted by Crippen LogP contribution is -2.41. The molecule has 1 rings (SSSR count). The molecular formula is C15H29N3O3. The standard InChI is InChI=1S/C15H29N3O3/c1-15(2,3)21-14(20)18-10-11-6-4-7-12(11)17-9-5-8-13(16)19/h11-12,17H,4-10H2,1-3H3,(H2,16,19)(H,18,20). The highest BCUT2D eigenvalue weighted by Crippen LogP contribution is 2.25. The van der Waals surface area contributed by atoms with Crippen molar-refractivity contribution < 1.29 is 14.3 Å². The molecule has 6 heteroatoms. The van der Waals surface area contributed by atoms with E-state index in [1.807, 2.05) is 20.8 Å². The molecule has 4 N–H and O–H groups in total. The third-order valence-electron chi connectivity index (χ3n) is 3.57. The van der Waals surface area contributed by atoms with Gasteiger partial charge in [0.2, 0.25) is 5.91 Å². The minimum absolute atomic E-state index is 0.258. The average molecular weight is 299 g/mol. The Labute approximate surface area is 127 Å². The van der Waals surface area contributed by atoms with Crippen molar-refractivity contribution in [2.45, 2.75) is 64.5 Å². The summed E-state index contributed by atoms with van der Waals surface area (Å²) in [5.74, 6) is 0.164. The molecule has 2 atom stereocenters. The molecule has 1 aliphatic rings. The van der Waals surface area contributed by atoms with Gasteiger partial charge in [-0.05, 0) is 52.5 Å². The SMILES string of the molecule is CC(C)(C)OC(=O)NCC1CCCC1NCCCC(N)=O. The van der Waals surface area contributed by atoms with E-state index < -0.39 is 5.60 Å². The predicted octanol–water partition coefficient (Wildman–Crippen LogP) is 1.53. The topological polar surface area (TPSA) is 93.4 Å². The van der Waals surface area contributed by atoms with Gasteiger partial charge in [-0.2, -0.15) is 0 Å². The number of nitrogens with one attached hydrogen (secondary N) is 2. The third-order valence-corrected chi connectivity index (χ3v) is 3.57. The highest BCUT2D eigenvalue weighted by molar-refractivity contribution is 5.73. The van der Waals surface area contributed by atoms with Crippen molar-refractivity contribution in [1.29, 1.82) is 0 Å². The Balaban J connectivity index is 2.24. The van der Waals surface area contributed by atoms with Gasteiger partial charge in [0.05, 0.1) is 0 Å². The summed E-state index contributed by atoms with van der Waals surface area (Å²) in [6.45, 7) is 6.97. The summed E-state index contributed by atoms with van der Waals surface area (Å²) < 4.78 is 5.24. The van der Waals surface area contributed by atoms with E-state index in [-0.39, 0.29) is 12.0 Å². The fourth-order valence-corrected chi connectivity index (χ4v) is 2.63. The second kappa shape index (κ2) is 8.22. The predicted molar refractivity (Wildman–Crippen MR) is 81.8 cm³/mol. The van der Waals surface area contributed by atoms with Crippen molar-refractivity contribution >= 4 is 12.0 Å². The number of amides is 2. The third kappa shape index (κ3) is 7.90. The van der Waals surface area contributed by atoms with Crippen LogP contribution in [0.3, 0.4) is 0 Å². The van der Waals surface area contributed by atoms with Crippen LogP contribution in [-0.2, 0) is 9.53 Å². The summed E-state index contributed by atoms with van der Waals surface area (Å²) in [5.41, 5.74) is 4.65. The van der Waals surface area contributed by atoms with Crippen LogP contribution in [-0.4, -0.2) is 36.7 Å². The number of carbonyl (C=O) groups excluding carboxylic acids is 2. The normalized spacial score (nSPS) is 22.0. The first-order valence-electron chi connectivity index (χ1n) is 7.76. The van der Waals surface area contributed by atoms with Gasteiger partial charge < -0.3 is 21.1 Å². The zero-order valence-electron chi connectivity index (χ0n) is 13.4. The van der Waals surface area contributed by atoms with Crippen LogP contribution in [0.4, 0.5) is 4.79 Å². The molecule has 1 fully saturated rings. The Morgan fingerprint density at radius 2 is 2.00 bits per heavy atom. The lowest BCUT2D eigenvalue weighted by Gasteiger charge is -2.23.